The number of hydrogen-bond acceptors (Lipinski definition) is 3. The molecule has 0 heterocycles. The van der Waals surface area contributed by atoms with E-state index in [9.17, 15) is 9.59 Å². The van der Waals surface area contributed by atoms with Crippen molar-refractivity contribution in [3.8, 4) is 0 Å². The number of benzene rings is 2. The lowest BCUT2D eigenvalue weighted by Crippen LogP contribution is -2.49. The molecule has 0 aliphatic heterocycles. The lowest BCUT2D eigenvalue weighted by atomic mass is 10.1. The molecule has 0 aromatic heterocycles. The summed E-state index contributed by atoms with van der Waals surface area (Å²) in [4.78, 5) is 27.5. The zero-order valence-corrected chi connectivity index (χ0v) is 19.8. The molecular weight excluding hydrogens is 416 g/mol. The van der Waals surface area contributed by atoms with Gasteiger partial charge in [-0.05, 0) is 44.4 Å². The van der Waals surface area contributed by atoms with Crippen molar-refractivity contribution in [3.63, 3.8) is 0 Å². The third kappa shape index (κ3) is 7.06. The lowest BCUT2D eigenvalue weighted by molar-refractivity contribution is -0.139. The predicted octanol–water partition coefficient (Wildman–Crippen LogP) is 5.13. The van der Waals surface area contributed by atoms with Gasteiger partial charge in [-0.25, -0.2) is 0 Å². The summed E-state index contributed by atoms with van der Waals surface area (Å²) in [6.45, 7) is 8.81. The quantitative estimate of drug-likeness (QED) is 0.550. The first-order chi connectivity index (χ1) is 14.3. The first-order valence-corrected chi connectivity index (χ1v) is 11.8. The zero-order chi connectivity index (χ0) is 22.1. The zero-order valence-electron chi connectivity index (χ0n) is 18.2. The van der Waals surface area contributed by atoms with Crippen LogP contribution in [0.5, 0.6) is 0 Å². The van der Waals surface area contributed by atoms with Crippen LogP contribution in [0.3, 0.4) is 0 Å². The molecular formula is C24H31ClN2O2S. The molecule has 2 rings (SSSR count). The smallest absolute Gasteiger partial charge is 0.242 e. The third-order valence-corrected chi connectivity index (χ3v) is 6.17. The number of rotatable bonds is 10. The molecule has 1 unspecified atom stereocenters. The van der Waals surface area contributed by atoms with Gasteiger partial charge in [-0.3, -0.25) is 9.59 Å². The molecule has 0 spiro atoms. The number of aryl methyl sites for hydroxylation is 2. The van der Waals surface area contributed by atoms with Gasteiger partial charge in [-0.1, -0.05) is 66.0 Å². The van der Waals surface area contributed by atoms with E-state index in [1.807, 2.05) is 32.0 Å². The molecule has 162 valence electrons. The van der Waals surface area contributed by atoms with Crippen molar-refractivity contribution >= 4 is 35.2 Å². The minimum Gasteiger partial charge on any atom is -0.355 e. The summed E-state index contributed by atoms with van der Waals surface area (Å²) in [6.07, 6.45) is 0.545. The largest absolute Gasteiger partial charge is 0.355 e. The number of nitrogens with one attached hydrogen (secondary N) is 1. The molecule has 0 saturated heterocycles. The van der Waals surface area contributed by atoms with Gasteiger partial charge in [0.25, 0.3) is 0 Å². The van der Waals surface area contributed by atoms with Gasteiger partial charge in [0.1, 0.15) is 6.04 Å². The molecule has 0 bridgehead atoms. The van der Waals surface area contributed by atoms with Crippen LogP contribution in [0.25, 0.3) is 0 Å². The second-order valence-corrected chi connectivity index (χ2v) is 8.81. The number of thioether (sulfide) groups is 1. The van der Waals surface area contributed by atoms with Crippen molar-refractivity contribution in [1.29, 1.82) is 0 Å². The van der Waals surface area contributed by atoms with E-state index in [4.69, 9.17) is 11.6 Å². The van der Waals surface area contributed by atoms with Crippen LogP contribution < -0.4 is 5.32 Å². The van der Waals surface area contributed by atoms with Gasteiger partial charge in [0, 0.05) is 23.9 Å². The number of carbonyl (C=O) groups excluding carboxylic acids is 2. The van der Waals surface area contributed by atoms with E-state index >= 15 is 0 Å². The number of hydrogen-bond donors (Lipinski definition) is 1. The van der Waals surface area contributed by atoms with Crippen LogP contribution in [-0.4, -0.2) is 35.1 Å². The number of likely N-dealkylation sites (N-methyl/N-ethyl adjacent to an activating group) is 1. The van der Waals surface area contributed by atoms with Gasteiger partial charge >= 0.3 is 0 Å². The number of halogens is 1. The molecule has 0 saturated carbocycles. The summed E-state index contributed by atoms with van der Waals surface area (Å²) in [6, 6.07) is 13.4. The number of amides is 2. The molecule has 0 aliphatic rings. The number of nitrogens with zero attached hydrogens (tertiary/aromatic N) is 1. The summed E-state index contributed by atoms with van der Waals surface area (Å²) in [5.74, 6) is 0.890. The predicted molar refractivity (Wildman–Crippen MR) is 127 cm³/mol. The molecule has 0 fully saturated rings. The average Bonchev–Trinajstić information content (AvgIpc) is 2.68. The molecule has 4 nitrogen and oxygen atoms in total. The summed E-state index contributed by atoms with van der Waals surface area (Å²) in [7, 11) is 0. The second kappa shape index (κ2) is 12.0. The van der Waals surface area contributed by atoms with Crippen molar-refractivity contribution in [2.24, 2.45) is 0 Å². The Kier molecular flexibility index (Phi) is 9.73. The van der Waals surface area contributed by atoms with E-state index in [0.717, 1.165) is 11.3 Å². The van der Waals surface area contributed by atoms with Crippen molar-refractivity contribution in [1.82, 2.24) is 10.2 Å². The van der Waals surface area contributed by atoms with E-state index in [1.54, 1.807) is 22.7 Å². The highest BCUT2D eigenvalue weighted by Gasteiger charge is 2.28. The summed E-state index contributed by atoms with van der Waals surface area (Å²) < 4.78 is 0. The van der Waals surface area contributed by atoms with E-state index in [1.165, 1.54) is 16.7 Å². The minimum atomic E-state index is -0.518. The normalized spacial score (nSPS) is 11.8. The van der Waals surface area contributed by atoms with Crippen LogP contribution in [0.2, 0.25) is 5.02 Å². The first kappa shape index (κ1) is 24.3. The molecule has 1 atom stereocenters. The van der Waals surface area contributed by atoms with Gasteiger partial charge in [0.2, 0.25) is 11.8 Å². The van der Waals surface area contributed by atoms with E-state index in [2.05, 4.69) is 37.4 Å². The van der Waals surface area contributed by atoms with Crippen LogP contribution in [0, 0.1) is 13.8 Å². The highest BCUT2D eigenvalue weighted by atomic mass is 35.5. The van der Waals surface area contributed by atoms with E-state index in [0.29, 0.717) is 30.3 Å². The molecule has 0 radical (unpaired) electrons. The fourth-order valence-corrected chi connectivity index (χ4v) is 4.55. The van der Waals surface area contributed by atoms with Crippen LogP contribution in [-0.2, 0) is 21.9 Å². The fourth-order valence-electron chi connectivity index (χ4n) is 3.51. The van der Waals surface area contributed by atoms with Crippen molar-refractivity contribution < 1.29 is 9.59 Å². The summed E-state index contributed by atoms with van der Waals surface area (Å²) >= 11 is 7.90. The second-order valence-electron chi connectivity index (χ2n) is 7.42. The molecule has 1 N–H and O–H groups in total. The summed E-state index contributed by atoms with van der Waals surface area (Å²) in [5, 5.41) is 3.45. The van der Waals surface area contributed by atoms with Crippen LogP contribution >= 0.6 is 23.4 Å². The van der Waals surface area contributed by atoms with Gasteiger partial charge in [0.15, 0.2) is 0 Å². The average molecular weight is 447 g/mol. The van der Waals surface area contributed by atoms with Gasteiger partial charge in [-0.15, -0.1) is 11.8 Å². The van der Waals surface area contributed by atoms with Crippen LogP contribution in [0.15, 0.2) is 42.5 Å². The Morgan fingerprint density at radius 2 is 1.77 bits per heavy atom. The highest BCUT2D eigenvalue weighted by Crippen LogP contribution is 2.22. The number of carbonyl (C=O) groups is 2. The van der Waals surface area contributed by atoms with Crippen molar-refractivity contribution in [3.05, 3.63) is 69.7 Å². The fraction of sp³-hybridized carbons (Fsp3) is 0.417. The molecule has 0 aliphatic carbocycles. The minimum absolute atomic E-state index is 0.0533. The Morgan fingerprint density at radius 1 is 1.10 bits per heavy atom. The van der Waals surface area contributed by atoms with Crippen LogP contribution in [0.4, 0.5) is 0 Å². The lowest BCUT2D eigenvalue weighted by Gasteiger charge is -2.30. The Morgan fingerprint density at radius 3 is 2.37 bits per heavy atom. The first-order valence-electron chi connectivity index (χ1n) is 10.3. The molecule has 2 aromatic carbocycles. The van der Waals surface area contributed by atoms with Crippen molar-refractivity contribution in [2.45, 2.75) is 52.5 Å². The van der Waals surface area contributed by atoms with E-state index in [-0.39, 0.29) is 11.8 Å². The highest BCUT2D eigenvalue weighted by molar-refractivity contribution is 7.99. The van der Waals surface area contributed by atoms with Gasteiger partial charge in [0.05, 0.1) is 5.75 Å². The molecule has 2 amide bonds. The van der Waals surface area contributed by atoms with E-state index < -0.39 is 6.04 Å². The Hall–Kier alpha value is -1.98. The maximum atomic E-state index is 13.2. The Bertz CT molecular complexity index is 852. The maximum Gasteiger partial charge on any atom is 0.242 e. The monoisotopic (exact) mass is 446 g/mol. The van der Waals surface area contributed by atoms with Gasteiger partial charge in [-0.2, -0.15) is 0 Å². The SMILES string of the molecule is CCNC(=O)C(CC)N(Cc1ccccc1Cl)C(=O)CSCc1cc(C)cc(C)c1. The summed E-state index contributed by atoms with van der Waals surface area (Å²) in [5.41, 5.74) is 4.49. The van der Waals surface area contributed by atoms with Crippen molar-refractivity contribution in [2.75, 3.05) is 12.3 Å². The van der Waals surface area contributed by atoms with Crippen LogP contribution in [0.1, 0.15) is 42.5 Å². The Labute approximate surface area is 189 Å². The molecule has 2 aromatic rings. The van der Waals surface area contributed by atoms with Gasteiger partial charge < -0.3 is 10.2 Å². The molecule has 30 heavy (non-hydrogen) atoms. The third-order valence-electron chi connectivity index (χ3n) is 4.81. The Balaban J connectivity index is 2.14. The maximum absolute atomic E-state index is 13.2. The molecule has 6 heteroatoms. The topological polar surface area (TPSA) is 49.4 Å². The standard InChI is InChI=1S/C24H31ClN2O2S/c1-5-22(24(29)26-6-2)27(14-20-9-7-8-10-21(20)25)23(28)16-30-15-19-12-17(3)11-18(4)13-19/h7-13,22H,5-6,14-16H2,1-4H3,(H,26,29).